The van der Waals surface area contributed by atoms with Crippen molar-refractivity contribution in [1.82, 2.24) is 4.90 Å². The number of carbonyl (C=O) groups excluding carboxylic acids is 1. The van der Waals surface area contributed by atoms with Gasteiger partial charge < -0.3 is 16.0 Å². The molecule has 3 N–H and O–H groups in total. The fourth-order valence-electron chi connectivity index (χ4n) is 1.51. The summed E-state index contributed by atoms with van der Waals surface area (Å²) in [6.45, 7) is 4.49. The molecule has 1 unspecified atom stereocenters. The molecule has 1 aromatic rings. The molecule has 4 heteroatoms. The van der Waals surface area contributed by atoms with Crippen molar-refractivity contribution < 1.29 is 4.79 Å². The Morgan fingerprint density at radius 2 is 2.12 bits per heavy atom. The maximum absolute atomic E-state index is 11.6. The van der Waals surface area contributed by atoms with Gasteiger partial charge in [-0.3, -0.25) is 4.79 Å². The molecule has 1 amide bonds. The second-order valence-corrected chi connectivity index (χ2v) is 4.66. The van der Waals surface area contributed by atoms with Crippen molar-refractivity contribution in [1.29, 1.82) is 0 Å². The van der Waals surface area contributed by atoms with Crippen molar-refractivity contribution >= 4 is 11.6 Å². The second kappa shape index (κ2) is 5.80. The number of benzene rings is 1. The van der Waals surface area contributed by atoms with Crippen molar-refractivity contribution in [2.75, 3.05) is 19.4 Å². The van der Waals surface area contributed by atoms with E-state index in [1.54, 1.807) is 6.92 Å². The summed E-state index contributed by atoms with van der Waals surface area (Å²) in [4.78, 5) is 13.6. The van der Waals surface area contributed by atoms with E-state index in [0.29, 0.717) is 0 Å². The molecule has 0 fully saturated rings. The third-order valence-corrected chi connectivity index (χ3v) is 2.47. The molecule has 0 aliphatic heterocycles. The van der Waals surface area contributed by atoms with Crippen LogP contribution in [0.25, 0.3) is 0 Å². The summed E-state index contributed by atoms with van der Waals surface area (Å²) in [5, 5.41) is 2.84. The molecule has 0 aliphatic rings. The summed E-state index contributed by atoms with van der Waals surface area (Å²) in [5.74, 6) is -0.157. The summed E-state index contributed by atoms with van der Waals surface area (Å²) < 4.78 is 0. The Morgan fingerprint density at radius 1 is 1.47 bits per heavy atom. The Morgan fingerprint density at radius 3 is 2.65 bits per heavy atom. The zero-order chi connectivity index (χ0) is 13.0. The Bertz CT molecular complexity index is 400. The third-order valence-electron chi connectivity index (χ3n) is 2.47. The molecule has 0 bridgehead atoms. The summed E-state index contributed by atoms with van der Waals surface area (Å²) in [6.07, 6.45) is 0. The van der Waals surface area contributed by atoms with Gasteiger partial charge in [0, 0.05) is 12.2 Å². The van der Waals surface area contributed by atoms with Crippen LogP contribution in [0.15, 0.2) is 18.2 Å². The lowest BCUT2D eigenvalue weighted by molar-refractivity contribution is -0.117. The summed E-state index contributed by atoms with van der Waals surface area (Å²) >= 11 is 0. The predicted octanol–water partition coefficient (Wildman–Crippen LogP) is 1.34. The van der Waals surface area contributed by atoms with Crippen LogP contribution >= 0.6 is 0 Å². The van der Waals surface area contributed by atoms with Crippen LogP contribution in [0.1, 0.15) is 18.1 Å². The number of aryl methyl sites for hydroxylation is 1. The van der Waals surface area contributed by atoms with Crippen molar-refractivity contribution in [2.45, 2.75) is 26.4 Å². The molecule has 1 rings (SSSR count). The number of nitrogens with zero attached hydrogens (tertiary/aromatic N) is 1. The van der Waals surface area contributed by atoms with Gasteiger partial charge in [-0.2, -0.15) is 0 Å². The lowest BCUT2D eigenvalue weighted by Crippen LogP contribution is -2.32. The Kier molecular flexibility index (Phi) is 4.66. The van der Waals surface area contributed by atoms with E-state index in [1.165, 1.54) is 5.56 Å². The molecule has 4 nitrogen and oxygen atoms in total. The van der Waals surface area contributed by atoms with Gasteiger partial charge in [-0.1, -0.05) is 12.1 Å². The minimum Gasteiger partial charge on any atom is -0.324 e. The molecule has 0 radical (unpaired) electrons. The highest BCUT2D eigenvalue weighted by Gasteiger charge is 2.09. The molecule has 0 heterocycles. The van der Waals surface area contributed by atoms with Crippen LogP contribution in [0.2, 0.25) is 0 Å². The van der Waals surface area contributed by atoms with Crippen LogP contribution < -0.4 is 11.1 Å². The lowest BCUT2D eigenvalue weighted by Gasteiger charge is -2.14. The number of amides is 1. The van der Waals surface area contributed by atoms with E-state index in [1.807, 2.05) is 33.2 Å². The van der Waals surface area contributed by atoms with Crippen molar-refractivity contribution in [3.8, 4) is 0 Å². The predicted molar refractivity (Wildman–Crippen MR) is 70.8 cm³/mol. The van der Waals surface area contributed by atoms with Crippen LogP contribution in [0.4, 0.5) is 5.69 Å². The molecule has 0 saturated heterocycles. The van der Waals surface area contributed by atoms with Gasteiger partial charge in [-0.25, -0.2) is 0 Å². The van der Waals surface area contributed by atoms with Gasteiger partial charge in [0.1, 0.15) is 0 Å². The van der Waals surface area contributed by atoms with E-state index < -0.39 is 6.04 Å². The fourth-order valence-corrected chi connectivity index (χ4v) is 1.51. The first kappa shape index (κ1) is 13.7. The van der Waals surface area contributed by atoms with E-state index in [9.17, 15) is 4.79 Å². The van der Waals surface area contributed by atoms with Crippen molar-refractivity contribution in [3.63, 3.8) is 0 Å². The molecular formula is C13H21N3O. The maximum atomic E-state index is 11.6. The number of hydrogen-bond donors (Lipinski definition) is 2. The van der Waals surface area contributed by atoms with Gasteiger partial charge in [-0.05, 0) is 45.1 Å². The average Bonchev–Trinajstić information content (AvgIpc) is 2.22. The molecule has 0 spiro atoms. The molecule has 0 aliphatic carbocycles. The second-order valence-electron chi connectivity index (χ2n) is 4.66. The Balaban J connectivity index is 2.87. The molecule has 1 aromatic carbocycles. The highest BCUT2D eigenvalue weighted by atomic mass is 16.2. The van der Waals surface area contributed by atoms with E-state index >= 15 is 0 Å². The lowest BCUT2D eigenvalue weighted by atomic mass is 10.1. The summed E-state index contributed by atoms with van der Waals surface area (Å²) in [5.41, 5.74) is 8.58. The van der Waals surface area contributed by atoms with Crippen LogP contribution in [0.5, 0.6) is 0 Å². The van der Waals surface area contributed by atoms with Crippen LogP contribution in [0.3, 0.4) is 0 Å². The first-order chi connectivity index (χ1) is 7.90. The number of carbonyl (C=O) groups is 1. The highest BCUT2D eigenvalue weighted by Crippen LogP contribution is 2.17. The SMILES string of the molecule is Cc1ccc(CN(C)C)cc1NC(=O)C(C)N. The Hall–Kier alpha value is -1.39. The first-order valence-electron chi connectivity index (χ1n) is 5.71. The number of rotatable bonds is 4. The first-order valence-corrected chi connectivity index (χ1v) is 5.71. The topological polar surface area (TPSA) is 58.4 Å². The number of hydrogen-bond acceptors (Lipinski definition) is 3. The molecule has 94 valence electrons. The van der Waals surface area contributed by atoms with Crippen LogP contribution in [-0.4, -0.2) is 30.9 Å². The fraction of sp³-hybridized carbons (Fsp3) is 0.462. The number of nitrogens with one attached hydrogen (secondary N) is 1. The average molecular weight is 235 g/mol. The van der Waals surface area contributed by atoms with Crippen LogP contribution in [-0.2, 0) is 11.3 Å². The van der Waals surface area contributed by atoms with Crippen molar-refractivity contribution in [2.24, 2.45) is 5.73 Å². The summed E-state index contributed by atoms with van der Waals surface area (Å²) in [7, 11) is 4.03. The quantitative estimate of drug-likeness (QED) is 0.828. The van der Waals surface area contributed by atoms with Gasteiger partial charge in [-0.15, -0.1) is 0 Å². The zero-order valence-corrected chi connectivity index (χ0v) is 10.9. The number of anilines is 1. The number of nitrogens with two attached hydrogens (primary N) is 1. The highest BCUT2D eigenvalue weighted by molar-refractivity contribution is 5.95. The largest absolute Gasteiger partial charge is 0.324 e. The molecule has 0 saturated carbocycles. The molecule has 1 atom stereocenters. The normalized spacial score (nSPS) is 12.6. The Labute approximate surface area is 103 Å². The third kappa shape index (κ3) is 4.17. The zero-order valence-electron chi connectivity index (χ0n) is 10.9. The van der Waals surface area contributed by atoms with Crippen LogP contribution in [0, 0.1) is 6.92 Å². The van der Waals surface area contributed by atoms with Gasteiger partial charge in [0.15, 0.2) is 0 Å². The van der Waals surface area contributed by atoms with E-state index in [2.05, 4.69) is 16.3 Å². The maximum Gasteiger partial charge on any atom is 0.241 e. The minimum absolute atomic E-state index is 0.157. The van der Waals surface area contributed by atoms with E-state index in [0.717, 1.165) is 17.8 Å². The van der Waals surface area contributed by atoms with Crippen molar-refractivity contribution in [3.05, 3.63) is 29.3 Å². The summed E-state index contributed by atoms with van der Waals surface area (Å²) in [6, 6.07) is 5.58. The van der Waals surface area contributed by atoms with E-state index in [-0.39, 0.29) is 5.91 Å². The smallest absolute Gasteiger partial charge is 0.241 e. The van der Waals surface area contributed by atoms with Gasteiger partial charge in [0.25, 0.3) is 0 Å². The minimum atomic E-state index is -0.494. The molecular weight excluding hydrogens is 214 g/mol. The van der Waals surface area contributed by atoms with Gasteiger partial charge >= 0.3 is 0 Å². The standard InChI is InChI=1S/C13H21N3O/c1-9-5-6-11(8-16(3)4)7-12(9)15-13(17)10(2)14/h5-7,10H,8,14H2,1-4H3,(H,15,17). The monoisotopic (exact) mass is 235 g/mol. The van der Waals surface area contributed by atoms with E-state index in [4.69, 9.17) is 5.73 Å². The van der Waals surface area contributed by atoms with Gasteiger partial charge in [0.05, 0.1) is 6.04 Å². The molecule has 0 aromatic heterocycles. The van der Waals surface area contributed by atoms with Gasteiger partial charge in [0.2, 0.25) is 5.91 Å². The molecule has 17 heavy (non-hydrogen) atoms.